The van der Waals surface area contributed by atoms with Gasteiger partial charge in [0.25, 0.3) is 5.91 Å². The molecule has 0 bridgehead atoms. The van der Waals surface area contributed by atoms with Crippen molar-refractivity contribution in [3.05, 3.63) is 46.2 Å². The third-order valence-corrected chi connectivity index (χ3v) is 4.03. The van der Waals surface area contributed by atoms with E-state index in [-0.39, 0.29) is 0 Å². The largest absolute Gasteiger partial charge is 0.497 e. The zero-order chi connectivity index (χ0) is 16.1. The molecule has 0 radical (unpaired) electrons. The smallest absolute Gasteiger partial charge is 0.349 e. The standard InChI is InChI=1S/C16H17NO4S/c1-10-7-8-22-14(10)16(19)21-11(2)15(18)17-12-5-4-6-13(9-12)20-3/h4-9,11H,1-3H3,(H,17,18)/t11-/m0/s1. The minimum atomic E-state index is -0.889. The van der Waals surface area contributed by atoms with Crippen LogP contribution in [0.4, 0.5) is 5.69 Å². The number of amides is 1. The molecule has 0 saturated heterocycles. The molecule has 1 N–H and O–H groups in total. The fraction of sp³-hybridized carbons (Fsp3) is 0.250. The van der Waals surface area contributed by atoms with Crippen molar-refractivity contribution < 1.29 is 19.1 Å². The third kappa shape index (κ3) is 3.85. The highest BCUT2D eigenvalue weighted by Crippen LogP contribution is 2.19. The van der Waals surface area contributed by atoms with Crippen LogP contribution in [-0.4, -0.2) is 25.1 Å². The Hall–Kier alpha value is -2.34. The van der Waals surface area contributed by atoms with E-state index in [1.165, 1.54) is 18.3 Å². The summed E-state index contributed by atoms with van der Waals surface area (Å²) in [4.78, 5) is 24.6. The summed E-state index contributed by atoms with van der Waals surface area (Å²) in [6, 6.07) is 8.80. The summed E-state index contributed by atoms with van der Waals surface area (Å²) < 4.78 is 10.3. The molecule has 5 nitrogen and oxygen atoms in total. The normalized spacial score (nSPS) is 11.6. The summed E-state index contributed by atoms with van der Waals surface area (Å²) in [5, 5.41) is 4.50. The van der Waals surface area contributed by atoms with Crippen molar-refractivity contribution in [2.24, 2.45) is 0 Å². The number of aryl methyl sites for hydroxylation is 1. The molecule has 1 atom stereocenters. The molecule has 0 fully saturated rings. The SMILES string of the molecule is COc1cccc(NC(=O)[C@H](C)OC(=O)c2sccc2C)c1. The highest BCUT2D eigenvalue weighted by atomic mass is 32.1. The van der Waals surface area contributed by atoms with Crippen molar-refractivity contribution >= 4 is 28.9 Å². The van der Waals surface area contributed by atoms with E-state index >= 15 is 0 Å². The molecule has 6 heteroatoms. The molecule has 116 valence electrons. The summed E-state index contributed by atoms with van der Waals surface area (Å²) in [6.45, 7) is 3.37. The highest BCUT2D eigenvalue weighted by molar-refractivity contribution is 7.12. The van der Waals surface area contributed by atoms with Gasteiger partial charge in [0, 0.05) is 11.8 Å². The Bertz CT molecular complexity index is 680. The van der Waals surface area contributed by atoms with Crippen molar-refractivity contribution in [1.82, 2.24) is 0 Å². The lowest BCUT2D eigenvalue weighted by Crippen LogP contribution is -2.29. The number of carbonyl (C=O) groups excluding carboxylic acids is 2. The number of hydrogen-bond donors (Lipinski definition) is 1. The Kier molecular flexibility index (Phi) is 5.16. The predicted molar refractivity (Wildman–Crippen MR) is 85.6 cm³/mol. The van der Waals surface area contributed by atoms with Crippen LogP contribution in [0, 0.1) is 6.92 Å². The zero-order valence-corrected chi connectivity index (χ0v) is 13.4. The second-order valence-corrected chi connectivity index (χ2v) is 5.62. The average Bonchev–Trinajstić information content (AvgIpc) is 2.93. The van der Waals surface area contributed by atoms with Gasteiger partial charge >= 0.3 is 5.97 Å². The zero-order valence-electron chi connectivity index (χ0n) is 12.6. The number of benzene rings is 1. The first-order chi connectivity index (χ1) is 10.5. The Labute approximate surface area is 132 Å². The molecule has 0 spiro atoms. The first-order valence-corrected chi connectivity index (χ1v) is 7.59. The molecule has 0 aliphatic rings. The fourth-order valence-corrected chi connectivity index (χ4v) is 2.60. The van der Waals surface area contributed by atoms with E-state index in [1.54, 1.807) is 31.4 Å². The number of ether oxygens (including phenoxy) is 2. The van der Waals surface area contributed by atoms with Crippen molar-refractivity contribution in [3.8, 4) is 5.75 Å². The summed E-state index contributed by atoms with van der Waals surface area (Å²) in [5.41, 5.74) is 1.43. The van der Waals surface area contributed by atoms with Crippen LogP contribution >= 0.6 is 11.3 Å². The molecular formula is C16H17NO4S. The van der Waals surface area contributed by atoms with Gasteiger partial charge in [-0.1, -0.05) is 6.07 Å². The third-order valence-electron chi connectivity index (χ3n) is 3.04. The van der Waals surface area contributed by atoms with Gasteiger partial charge in [0.05, 0.1) is 7.11 Å². The topological polar surface area (TPSA) is 64.6 Å². The van der Waals surface area contributed by atoms with Crippen LogP contribution in [0.25, 0.3) is 0 Å². The number of esters is 1. The molecule has 1 heterocycles. The fourth-order valence-electron chi connectivity index (χ4n) is 1.79. The Morgan fingerprint density at radius 1 is 1.27 bits per heavy atom. The molecule has 0 saturated carbocycles. The van der Waals surface area contributed by atoms with E-state index in [4.69, 9.17) is 9.47 Å². The summed E-state index contributed by atoms with van der Waals surface area (Å²) >= 11 is 1.30. The van der Waals surface area contributed by atoms with E-state index in [0.717, 1.165) is 5.56 Å². The number of anilines is 1. The van der Waals surface area contributed by atoms with Gasteiger partial charge in [0.2, 0.25) is 0 Å². The molecule has 0 aliphatic heterocycles. The highest BCUT2D eigenvalue weighted by Gasteiger charge is 2.21. The molecule has 1 amide bonds. The average molecular weight is 319 g/mol. The quantitative estimate of drug-likeness (QED) is 0.859. The molecule has 0 unspecified atom stereocenters. The van der Waals surface area contributed by atoms with Gasteiger partial charge < -0.3 is 14.8 Å². The summed E-state index contributed by atoms with van der Waals surface area (Å²) in [5.74, 6) is -0.242. The van der Waals surface area contributed by atoms with E-state index in [9.17, 15) is 9.59 Å². The summed E-state index contributed by atoms with van der Waals surface area (Å²) in [6.07, 6.45) is -0.889. The number of thiophene rings is 1. The van der Waals surface area contributed by atoms with Crippen molar-refractivity contribution in [3.63, 3.8) is 0 Å². The predicted octanol–water partition coefficient (Wildman–Crippen LogP) is 3.25. The number of carbonyl (C=O) groups is 2. The lowest BCUT2D eigenvalue weighted by molar-refractivity contribution is -0.123. The molecule has 0 aliphatic carbocycles. The van der Waals surface area contributed by atoms with Crippen molar-refractivity contribution in [1.29, 1.82) is 0 Å². The molecule has 1 aromatic carbocycles. The van der Waals surface area contributed by atoms with Crippen LogP contribution < -0.4 is 10.1 Å². The lowest BCUT2D eigenvalue weighted by atomic mass is 10.2. The molecular weight excluding hydrogens is 302 g/mol. The molecule has 2 aromatic rings. The first kappa shape index (κ1) is 16.0. The van der Waals surface area contributed by atoms with Gasteiger partial charge in [-0.05, 0) is 43.0 Å². The van der Waals surface area contributed by atoms with Gasteiger partial charge in [0.15, 0.2) is 6.10 Å². The maximum Gasteiger partial charge on any atom is 0.349 e. The second-order valence-electron chi connectivity index (χ2n) is 4.70. The molecule has 2 rings (SSSR count). The van der Waals surface area contributed by atoms with E-state index in [0.29, 0.717) is 16.3 Å². The van der Waals surface area contributed by atoms with Gasteiger partial charge in [-0.25, -0.2) is 4.79 Å². The van der Waals surface area contributed by atoms with Crippen LogP contribution in [0.1, 0.15) is 22.2 Å². The Balaban J connectivity index is 1.97. The number of hydrogen-bond acceptors (Lipinski definition) is 5. The minimum Gasteiger partial charge on any atom is -0.497 e. The van der Waals surface area contributed by atoms with Crippen LogP contribution in [-0.2, 0) is 9.53 Å². The number of nitrogens with one attached hydrogen (secondary N) is 1. The molecule has 1 aromatic heterocycles. The summed E-state index contributed by atoms with van der Waals surface area (Å²) in [7, 11) is 1.55. The van der Waals surface area contributed by atoms with Crippen LogP contribution in [0.5, 0.6) is 5.75 Å². The molecule has 22 heavy (non-hydrogen) atoms. The second kappa shape index (κ2) is 7.09. The van der Waals surface area contributed by atoms with Crippen LogP contribution in [0.2, 0.25) is 0 Å². The van der Waals surface area contributed by atoms with E-state index in [1.807, 2.05) is 18.4 Å². The van der Waals surface area contributed by atoms with E-state index in [2.05, 4.69) is 5.32 Å². The van der Waals surface area contributed by atoms with Gasteiger partial charge in [-0.3, -0.25) is 4.79 Å². The van der Waals surface area contributed by atoms with Gasteiger partial charge in [-0.15, -0.1) is 11.3 Å². The van der Waals surface area contributed by atoms with Crippen LogP contribution in [0.15, 0.2) is 35.7 Å². The number of methoxy groups -OCH3 is 1. The van der Waals surface area contributed by atoms with Crippen molar-refractivity contribution in [2.75, 3.05) is 12.4 Å². The lowest BCUT2D eigenvalue weighted by Gasteiger charge is -2.13. The maximum atomic E-state index is 12.1. The first-order valence-electron chi connectivity index (χ1n) is 6.71. The van der Waals surface area contributed by atoms with Gasteiger partial charge in [-0.2, -0.15) is 0 Å². The maximum absolute atomic E-state index is 12.1. The van der Waals surface area contributed by atoms with Crippen LogP contribution in [0.3, 0.4) is 0 Å². The van der Waals surface area contributed by atoms with Gasteiger partial charge in [0.1, 0.15) is 10.6 Å². The number of rotatable bonds is 5. The Morgan fingerprint density at radius 3 is 2.68 bits per heavy atom. The minimum absolute atomic E-state index is 0.393. The Morgan fingerprint density at radius 2 is 2.05 bits per heavy atom. The van der Waals surface area contributed by atoms with Crippen molar-refractivity contribution in [2.45, 2.75) is 20.0 Å². The van der Waals surface area contributed by atoms with E-state index < -0.39 is 18.0 Å². The monoisotopic (exact) mass is 319 g/mol.